The van der Waals surface area contributed by atoms with Crippen molar-refractivity contribution in [1.82, 2.24) is 20.1 Å². The predicted molar refractivity (Wildman–Crippen MR) is 109 cm³/mol. The molecule has 0 atom stereocenters. The number of anilines is 1. The van der Waals surface area contributed by atoms with Gasteiger partial charge in [-0.1, -0.05) is 25.9 Å². The Morgan fingerprint density at radius 1 is 1.10 bits per heavy atom. The molecule has 1 saturated heterocycles. The van der Waals surface area contributed by atoms with Crippen molar-refractivity contribution in [1.29, 1.82) is 0 Å². The molecule has 0 aromatic carbocycles. The lowest BCUT2D eigenvalue weighted by molar-refractivity contribution is 0.0653. The topological polar surface area (TPSA) is 77.2 Å². The van der Waals surface area contributed by atoms with Crippen molar-refractivity contribution in [2.45, 2.75) is 51.0 Å². The summed E-state index contributed by atoms with van der Waals surface area (Å²) in [4.78, 5) is 15.4. The molecule has 7 heteroatoms. The Morgan fingerprint density at radius 2 is 1.86 bits per heavy atom. The van der Waals surface area contributed by atoms with E-state index in [1.807, 2.05) is 18.3 Å². The lowest BCUT2D eigenvalue weighted by atomic mass is 9.87. The van der Waals surface area contributed by atoms with Crippen molar-refractivity contribution in [2.75, 3.05) is 18.0 Å². The van der Waals surface area contributed by atoms with Crippen LogP contribution < -0.4 is 9.64 Å². The first-order chi connectivity index (χ1) is 13.9. The summed E-state index contributed by atoms with van der Waals surface area (Å²) < 4.78 is 11.9. The number of pyridine rings is 2. The molecular formula is C22H25N5O2. The molecule has 0 bridgehead atoms. The van der Waals surface area contributed by atoms with E-state index >= 15 is 0 Å². The van der Waals surface area contributed by atoms with Crippen LogP contribution in [0.25, 0.3) is 11.3 Å². The van der Waals surface area contributed by atoms with Crippen LogP contribution in [0.1, 0.15) is 45.0 Å². The molecule has 2 aliphatic heterocycles. The van der Waals surface area contributed by atoms with E-state index in [1.54, 1.807) is 12.4 Å². The zero-order valence-corrected chi connectivity index (χ0v) is 17.1. The smallest absolute Gasteiger partial charge is 0.324 e. The SMILES string of the molecule is CC(C)(C)c1noc(N2CCC3(CC2)Cc2cc(-c4ccncc4)ncc2O3)n1. The summed E-state index contributed by atoms with van der Waals surface area (Å²) in [5, 5.41) is 4.15. The van der Waals surface area contributed by atoms with Gasteiger partial charge >= 0.3 is 6.01 Å². The second kappa shape index (κ2) is 6.54. The summed E-state index contributed by atoms with van der Waals surface area (Å²) in [6.07, 6.45) is 8.19. The minimum absolute atomic E-state index is 0.117. The van der Waals surface area contributed by atoms with Crippen LogP contribution in [0.5, 0.6) is 5.75 Å². The minimum Gasteiger partial charge on any atom is -0.485 e. The normalized spacial score (nSPS) is 18.0. The highest BCUT2D eigenvalue weighted by Crippen LogP contribution is 2.42. The van der Waals surface area contributed by atoms with Crippen LogP contribution in [-0.2, 0) is 11.8 Å². The molecule has 0 unspecified atom stereocenters. The molecule has 5 rings (SSSR count). The molecule has 2 aliphatic rings. The molecule has 3 aromatic rings. The van der Waals surface area contributed by atoms with E-state index < -0.39 is 0 Å². The average Bonchev–Trinajstić information content (AvgIpc) is 3.34. The molecule has 7 nitrogen and oxygen atoms in total. The van der Waals surface area contributed by atoms with Crippen LogP contribution in [0.3, 0.4) is 0 Å². The second-order valence-electron chi connectivity index (χ2n) is 9.01. The van der Waals surface area contributed by atoms with Gasteiger partial charge in [-0.25, -0.2) is 0 Å². The van der Waals surface area contributed by atoms with Crippen LogP contribution >= 0.6 is 0 Å². The maximum atomic E-state index is 6.40. The highest BCUT2D eigenvalue weighted by molar-refractivity contribution is 5.61. The van der Waals surface area contributed by atoms with E-state index in [0.29, 0.717) is 6.01 Å². The summed E-state index contributed by atoms with van der Waals surface area (Å²) in [5.41, 5.74) is 2.99. The molecule has 5 heterocycles. The number of fused-ring (bicyclic) bond motifs is 1. The van der Waals surface area contributed by atoms with E-state index in [9.17, 15) is 0 Å². The Bertz CT molecular complexity index is 1020. The van der Waals surface area contributed by atoms with Gasteiger partial charge in [-0.2, -0.15) is 4.98 Å². The summed E-state index contributed by atoms with van der Waals surface area (Å²) in [6.45, 7) is 7.94. The van der Waals surface area contributed by atoms with Gasteiger partial charge in [0.1, 0.15) is 11.4 Å². The molecule has 0 radical (unpaired) electrons. The fraction of sp³-hybridized carbons (Fsp3) is 0.455. The first-order valence-corrected chi connectivity index (χ1v) is 10.1. The molecule has 3 aromatic heterocycles. The van der Waals surface area contributed by atoms with E-state index in [4.69, 9.17) is 9.26 Å². The predicted octanol–water partition coefficient (Wildman–Crippen LogP) is 3.80. The van der Waals surface area contributed by atoms with Crippen LogP contribution in [0.4, 0.5) is 6.01 Å². The summed E-state index contributed by atoms with van der Waals surface area (Å²) >= 11 is 0. The number of hydrogen-bond acceptors (Lipinski definition) is 7. The maximum absolute atomic E-state index is 6.40. The Labute approximate surface area is 170 Å². The van der Waals surface area contributed by atoms with Crippen LogP contribution in [0.2, 0.25) is 0 Å². The molecule has 29 heavy (non-hydrogen) atoms. The minimum atomic E-state index is -0.162. The van der Waals surface area contributed by atoms with E-state index in [0.717, 1.165) is 55.2 Å². The second-order valence-corrected chi connectivity index (χ2v) is 9.01. The molecule has 1 spiro atoms. The summed E-state index contributed by atoms with van der Waals surface area (Å²) in [5.74, 6) is 1.65. The number of nitrogens with zero attached hydrogens (tertiary/aromatic N) is 5. The van der Waals surface area contributed by atoms with E-state index in [-0.39, 0.29) is 11.0 Å². The van der Waals surface area contributed by atoms with Crippen LogP contribution in [0.15, 0.2) is 41.3 Å². The van der Waals surface area contributed by atoms with Gasteiger partial charge in [0, 0.05) is 61.3 Å². The lowest BCUT2D eigenvalue weighted by Crippen LogP contribution is -2.47. The van der Waals surface area contributed by atoms with Gasteiger partial charge in [0.25, 0.3) is 0 Å². The molecule has 0 N–H and O–H groups in total. The van der Waals surface area contributed by atoms with Crippen molar-refractivity contribution in [3.63, 3.8) is 0 Å². The highest BCUT2D eigenvalue weighted by atomic mass is 16.5. The largest absolute Gasteiger partial charge is 0.485 e. The number of hydrogen-bond donors (Lipinski definition) is 0. The first kappa shape index (κ1) is 18.1. The zero-order chi connectivity index (χ0) is 20.1. The Balaban J connectivity index is 1.29. The van der Waals surface area contributed by atoms with Gasteiger partial charge < -0.3 is 14.2 Å². The Kier molecular flexibility index (Phi) is 4.08. The third-order valence-electron chi connectivity index (χ3n) is 5.79. The fourth-order valence-electron chi connectivity index (χ4n) is 4.04. The van der Waals surface area contributed by atoms with Gasteiger partial charge in [-0.05, 0) is 18.2 Å². The first-order valence-electron chi connectivity index (χ1n) is 10.1. The number of aromatic nitrogens is 4. The third-order valence-corrected chi connectivity index (χ3v) is 5.79. The fourth-order valence-corrected chi connectivity index (χ4v) is 4.04. The Morgan fingerprint density at radius 3 is 2.55 bits per heavy atom. The lowest BCUT2D eigenvalue weighted by Gasteiger charge is -2.37. The number of ether oxygens (including phenoxy) is 1. The average molecular weight is 391 g/mol. The van der Waals surface area contributed by atoms with Crippen molar-refractivity contribution >= 4 is 6.01 Å². The van der Waals surface area contributed by atoms with E-state index in [2.05, 4.69) is 51.8 Å². The van der Waals surface area contributed by atoms with Gasteiger partial charge in [0.2, 0.25) is 0 Å². The molecule has 0 saturated carbocycles. The molecule has 1 fully saturated rings. The summed E-state index contributed by atoms with van der Waals surface area (Å²) in [6, 6.07) is 6.73. The number of rotatable bonds is 2. The van der Waals surface area contributed by atoms with Gasteiger partial charge in [0.05, 0.1) is 11.9 Å². The van der Waals surface area contributed by atoms with Gasteiger partial charge in [-0.15, -0.1) is 0 Å². The number of piperidine rings is 1. The molecule has 150 valence electrons. The van der Waals surface area contributed by atoms with Gasteiger partial charge in [-0.3, -0.25) is 9.97 Å². The molecule has 0 amide bonds. The zero-order valence-electron chi connectivity index (χ0n) is 17.1. The maximum Gasteiger partial charge on any atom is 0.324 e. The van der Waals surface area contributed by atoms with Crippen LogP contribution in [-0.4, -0.2) is 38.8 Å². The summed E-state index contributed by atoms with van der Waals surface area (Å²) in [7, 11) is 0. The highest BCUT2D eigenvalue weighted by Gasteiger charge is 2.43. The molecule has 0 aliphatic carbocycles. The van der Waals surface area contributed by atoms with Crippen LogP contribution in [0, 0.1) is 0 Å². The molecular weight excluding hydrogens is 366 g/mol. The quantitative estimate of drug-likeness (QED) is 0.657. The van der Waals surface area contributed by atoms with Gasteiger partial charge in [0.15, 0.2) is 5.82 Å². The Hall–Kier alpha value is -2.96. The monoisotopic (exact) mass is 391 g/mol. The standard InChI is InChI=1S/C22H25N5O2/c1-21(2,3)19-25-20(29-26-19)27-10-6-22(7-11-27)13-16-12-17(24-14-18(16)28-22)15-4-8-23-9-5-15/h4-5,8-9,12,14H,6-7,10-11,13H2,1-3H3. The van der Waals surface area contributed by atoms with Crippen molar-refractivity contribution in [2.24, 2.45) is 0 Å². The van der Waals surface area contributed by atoms with Crippen molar-refractivity contribution in [3.05, 3.63) is 48.2 Å². The van der Waals surface area contributed by atoms with E-state index in [1.165, 1.54) is 5.56 Å². The third kappa shape index (κ3) is 3.34. The van der Waals surface area contributed by atoms with Crippen molar-refractivity contribution in [3.8, 4) is 17.0 Å². The van der Waals surface area contributed by atoms with Crippen molar-refractivity contribution < 1.29 is 9.26 Å².